The number of rotatable bonds is 4. The molecular weight excluding hydrogens is 232 g/mol. The minimum Gasteiger partial charge on any atom is -0.496 e. The average Bonchev–Trinajstić information content (AvgIpc) is 2.88. The Balaban J connectivity index is 2.13. The number of nitrogens with two attached hydrogens (primary N) is 1. The summed E-state index contributed by atoms with van der Waals surface area (Å²) in [5, 5.41) is 9.31. The van der Waals surface area contributed by atoms with E-state index in [1.54, 1.807) is 30.5 Å². The first-order valence-electron chi connectivity index (χ1n) is 5.41. The van der Waals surface area contributed by atoms with E-state index >= 15 is 0 Å². The van der Waals surface area contributed by atoms with Gasteiger partial charge in [0.15, 0.2) is 0 Å². The van der Waals surface area contributed by atoms with Gasteiger partial charge in [0.25, 0.3) is 5.91 Å². The van der Waals surface area contributed by atoms with E-state index in [0.717, 1.165) is 5.69 Å². The molecule has 0 saturated carbocycles. The fourth-order valence-corrected chi connectivity index (χ4v) is 1.61. The molecule has 0 fully saturated rings. The van der Waals surface area contributed by atoms with Crippen molar-refractivity contribution in [1.82, 2.24) is 15.5 Å². The van der Waals surface area contributed by atoms with Crippen LogP contribution in [0.1, 0.15) is 16.1 Å². The summed E-state index contributed by atoms with van der Waals surface area (Å²) in [5.41, 5.74) is 7.33. The first-order chi connectivity index (χ1) is 8.72. The summed E-state index contributed by atoms with van der Waals surface area (Å²) in [5.74, 6) is 0.177. The zero-order valence-corrected chi connectivity index (χ0v) is 9.93. The molecule has 4 N–H and O–H groups in total. The number of nitrogen functional groups attached to an aromatic ring is 1. The Morgan fingerprint density at radius 2 is 2.33 bits per heavy atom. The highest BCUT2D eigenvalue weighted by molar-refractivity contribution is 6.01. The fraction of sp³-hybridized carbons (Fsp3) is 0.167. The standard InChI is InChI=1S/C12H14N4O2/c1-18-10-4-2-3-9(13)11(10)12(17)14-7-8-5-6-15-16-8/h2-6H,7,13H2,1H3,(H,14,17)(H,15,16). The molecule has 2 rings (SSSR count). The number of benzene rings is 1. The van der Waals surface area contributed by atoms with Crippen LogP contribution in [0.15, 0.2) is 30.5 Å². The normalized spacial score (nSPS) is 10.1. The van der Waals surface area contributed by atoms with Crippen molar-refractivity contribution in [3.63, 3.8) is 0 Å². The molecule has 0 unspecified atom stereocenters. The van der Waals surface area contributed by atoms with Crippen LogP contribution in [-0.2, 0) is 6.54 Å². The Labute approximate surface area is 104 Å². The van der Waals surface area contributed by atoms with E-state index in [1.165, 1.54) is 7.11 Å². The maximum atomic E-state index is 12.0. The molecule has 0 aliphatic heterocycles. The molecule has 0 atom stereocenters. The number of amides is 1. The second-order valence-corrected chi connectivity index (χ2v) is 3.69. The summed E-state index contributed by atoms with van der Waals surface area (Å²) >= 11 is 0. The van der Waals surface area contributed by atoms with E-state index in [0.29, 0.717) is 23.5 Å². The highest BCUT2D eigenvalue weighted by atomic mass is 16.5. The molecule has 0 aliphatic carbocycles. The van der Waals surface area contributed by atoms with Crippen molar-refractivity contribution in [2.24, 2.45) is 0 Å². The van der Waals surface area contributed by atoms with Gasteiger partial charge in [-0.1, -0.05) is 6.07 Å². The Morgan fingerprint density at radius 1 is 1.50 bits per heavy atom. The van der Waals surface area contributed by atoms with Gasteiger partial charge in [-0.05, 0) is 18.2 Å². The zero-order chi connectivity index (χ0) is 13.0. The molecule has 0 spiro atoms. The number of carbonyl (C=O) groups excluding carboxylic acids is 1. The Morgan fingerprint density at radius 3 is 3.00 bits per heavy atom. The molecule has 94 valence electrons. The van der Waals surface area contributed by atoms with Crippen LogP contribution < -0.4 is 15.8 Å². The quantitative estimate of drug-likeness (QED) is 0.700. The molecule has 0 bridgehead atoms. The summed E-state index contributed by atoms with van der Waals surface area (Å²) in [6.45, 7) is 0.357. The van der Waals surface area contributed by atoms with Crippen LogP contribution in [0.2, 0.25) is 0 Å². The summed E-state index contributed by atoms with van der Waals surface area (Å²) in [6.07, 6.45) is 1.62. The third-order valence-electron chi connectivity index (χ3n) is 2.50. The van der Waals surface area contributed by atoms with Gasteiger partial charge in [0.1, 0.15) is 11.3 Å². The van der Waals surface area contributed by atoms with Crippen molar-refractivity contribution >= 4 is 11.6 Å². The molecule has 0 radical (unpaired) electrons. The van der Waals surface area contributed by atoms with Crippen LogP contribution in [0.4, 0.5) is 5.69 Å². The first-order valence-corrected chi connectivity index (χ1v) is 5.41. The molecule has 18 heavy (non-hydrogen) atoms. The number of nitrogens with zero attached hydrogens (tertiary/aromatic N) is 1. The molecule has 6 heteroatoms. The van der Waals surface area contributed by atoms with Crippen LogP contribution in [0.25, 0.3) is 0 Å². The lowest BCUT2D eigenvalue weighted by atomic mass is 10.1. The average molecular weight is 246 g/mol. The third-order valence-corrected chi connectivity index (χ3v) is 2.50. The second kappa shape index (κ2) is 5.22. The van der Waals surface area contributed by atoms with E-state index in [9.17, 15) is 4.79 Å². The van der Waals surface area contributed by atoms with Crippen LogP contribution in [0, 0.1) is 0 Å². The van der Waals surface area contributed by atoms with Gasteiger partial charge in [-0.25, -0.2) is 0 Å². The lowest BCUT2D eigenvalue weighted by molar-refractivity contribution is 0.0948. The predicted octanol–water partition coefficient (Wildman–Crippen LogP) is 0.930. The van der Waals surface area contributed by atoms with Crippen LogP contribution in [0.5, 0.6) is 5.75 Å². The van der Waals surface area contributed by atoms with Crippen molar-refractivity contribution in [3.8, 4) is 5.75 Å². The predicted molar refractivity (Wildman–Crippen MR) is 67.2 cm³/mol. The second-order valence-electron chi connectivity index (χ2n) is 3.69. The summed E-state index contributed by atoms with van der Waals surface area (Å²) in [7, 11) is 1.50. The van der Waals surface area contributed by atoms with E-state index in [-0.39, 0.29) is 5.91 Å². The van der Waals surface area contributed by atoms with Crippen molar-refractivity contribution in [3.05, 3.63) is 41.7 Å². The molecule has 1 aromatic heterocycles. The number of hydrogen-bond acceptors (Lipinski definition) is 4. The molecule has 1 heterocycles. The summed E-state index contributed by atoms with van der Waals surface area (Å²) in [6, 6.07) is 6.88. The van der Waals surface area contributed by atoms with Crippen LogP contribution >= 0.6 is 0 Å². The van der Waals surface area contributed by atoms with Gasteiger partial charge < -0.3 is 15.8 Å². The van der Waals surface area contributed by atoms with Gasteiger partial charge in [-0.3, -0.25) is 9.89 Å². The fourth-order valence-electron chi connectivity index (χ4n) is 1.61. The van der Waals surface area contributed by atoms with Gasteiger partial charge in [-0.2, -0.15) is 5.10 Å². The monoisotopic (exact) mass is 246 g/mol. The highest BCUT2D eigenvalue weighted by Gasteiger charge is 2.15. The van der Waals surface area contributed by atoms with Crippen molar-refractivity contribution in [1.29, 1.82) is 0 Å². The van der Waals surface area contributed by atoms with Crippen LogP contribution in [-0.4, -0.2) is 23.2 Å². The minimum absolute atomic E-state index is 0.278. The SMILES string of the molecule is COc1cccc(N)c1C(=O)NCc1ccn[nH]1. The topological polar surface area (TPSA) is 93.0 Å². The van der Waals surface area contributed by atoms with Gasteiger partial charge >= 0.3 is 0 Å². The number of anilines is 1. The minimum atomic E-state index is -0.278. The maximum absolute atomic E-state index is 12.0. The Bertz CT molecular complexity index is 537. The molecule has 6 nitrogen and oxygen atoms in total. The van der Waals surface area contributed by atoms with Gasteiger partial charge in [0, 0.05) is 11.9 Å². The zero-order valence-electron chi connectivity index (χ0n) is 9.93. The van der Waals surface area contributed by atoms with Gasteiger partial charge in [-0.15, -0.1) is 0 Å². The maximum Gasteiger partial charge on any atom is 0.257 e. The lowest BCUT2D eigenvalue weighted by Crippen LogP contribution is -2.24. The largest absolute Gasteiger partial charge is 0.496 e. The number of aromatic amines is 1. The number of nitrogens with one attached hydrogen (secondary N) is 2. The third kappa shape index (κ3) is 2.42. The first kappa shape index (κ1) is 12.0. The van der Waals surface area contributed by atoms with E-state index in [1.807, 2.05) is 0 Å². The summed E-state index contributed by atoms with van der Waals surface area (Å²) in [4.78, 5) is 12.0. The van der Waals surface area contributed by atoms with Gasteiger partial charge in [0.2, 0.25) is 0 Å². The number of hydrogen-bond donors (Lipinski definition) is 3. The van der Waals surface area contributed by atoms with E-state index in [4.69, 9.17) is 10.5 Å². The van der Waals surface area contributed by atoms with Crippen molar-refractivity contribution in [2.75, 3.05) is 12.8 Å². The number of aromatic nitrogens is 2. The molecule has 1 amide bonds. The number of carbonyl (C=O) groups is 1. The number of methoxy groups -OCH3 is 1. The summed E-state index contributed by atoms with van der Waals surface area (Å²) < 4.78 is 5.12. The number of H-pyrrole nitrogens is 1. The van der Waals surface area contributed by atoms with Crippen LogP contribution in [0.3, 0.4) is 0 Å². The van der Waals surface area contributed by atoms with Gasteiger partial charge in [0.05, 0.1) is 19.3 Å². The molecule has 2 aromatic rings. The van der Waals surface area contributed by atoms with E-state index in [2.05, 4.69) is 15.5 Å². The van der Waals surface area contributed by atoms with Crippen molar-refractivity contribution in [2.45, 2.75) is 6.54 Å². The van der Waals surface area contributed by atoms with Crippen molar-refractivity contribution < 1.29 is 9.53 Å². The van der Waals surface area contributed by atoms with E-state index < -0.39 is 0 Å². The Kier molecular flexibility index (Phi) is 3.47. The highest BCUT2D eigenvalue weighted by Crippen LogP contribution is 2.23. The molecular formula is C12H14N4O2. The Hall–Kier alpha value is -2.50. The molecule has 0 aliphatic rings. The smallest absolute Gasteiger partial charge is 0.257 e. The number of ether oxygens (including phenoxy) is 1. The lowest BCUT2D eigenvalue weighted by Gasteiger charge is -2.10. The molecule has 0 saturated heterocycles. The molecule has 1 aromatic carbocycles.